The van der Waals surface area contributed by atoms with E-state index in [1.165, 1.54) is 0 Å². The van der Waals surface area contributed by atoms with Crippen molar-refractivity contribution in [3.63, 3.8) is 0 Å². The number of rotatable bonds is 4. The first kappa shape index (κ1) is 18.6. The molecule has 0 bridgehead atoms. The molecule has 2 unspecified atom stereocenters. The zero-order valence-corrected chi connectivity index (χ0v) is 13.9. The Labute approximate surface area is 147 Å². The van der Waals surface area contributed by atoms with E-state index in [4.69, 9.17) is 4.74 Å². The topological polar surface area (TPSA) is 82.7 Å². The van der Waals surface area contributed by atoms with Gasteiger partial charge in [-0.15, -0.1) is 0 Å². The normalized spacial score (nSPS) is 24.2. The fourth-order valence-electron chi connectivity index (χ4n) is 3.02. The minimum atomic E-state index is -1.60. The lowest BCUT2D eigenvalue weighted by Crippen LogP contribution is -2.63. The number of amides is 2. The smallest absolute Gasteiger partial charge is 0.227 e. The number of nitrogens with zero attached hydrogens (tertiary/aromatic N) is 1. The Morgan fingerprint density at radius 2 is 1.88 bits per heavy atom. The van der Waals surface area contributed by atoms with Crippen molar-refractivity contribution in [2.24, 2.45) is 0 Å². The van der Waals surface area contributed by atoms with Gasteiger partial charge in [0.2, 0.25) is 11.8 Å². The van der Waals surface area contributed by atoms with Gasteiger partial charge in [0.1, 0.15) is 0 Å². The van der Waals surface area contributed by atoms with Gasteiger partial charge in [-0.3, -0.25) is 19.8 Å². The summed E-state index contributed by atoms with van der Waals surface area (Å²) in [5, 5.41) is 8.13. The van der Waals surface area contributed by atoms with E-state index in [0.29, 0.717) is 38.4 Å². The van der Waals surface area contributed by atoms with E-state index < -0.39 is 29.5 Å². The summed E-state index contributed by atoms with van der Waals surface area (Å²) in [5.74, 6) is -5.15. The van der Waals surface area contributed by atoms with E-state index >= 15 is 0 Å². The van der Waals surface area contributed by atoms with Gasteiger partial charge in [0.15, 0.2) is 17.5 Å². The summed E-state index contributed by atoms with van der Waals surface area (Å²) in [5.41, 5.74) is -0.196. The quantitative estimate of drug-likeness (QED) is 0.672. The second-order valence-corrected chi connectivity index (χ2v) is 6.16. The number of morpholine rings is 1. The molecule has 3 N–H and O–H groups in total. The molecule has 3 rings (SSSR count). The summed E-state index contributed by atoms with van der Waals surface area (Å²) in [4.78, 5) is 26.1. The van der Waals surface area contributed by atoms with E-state index in [1.807, 2.05) is 0 Å². The van der Waals surface area contributed by atoms with Gasteiger partial charge < -0.3 is 15.4 Å². The summed E-state index contributed by atoms with van der Waals surface area (Å²) in [6.45, 7) is 2.51. The lowest BCUT2D eigenvalue weighted by atomic mass is 10.1. The largest absolute Gasteiger partial charge is 0.379 e. The molecule has 1 aromatic rings. The monoisotopic (exact) mass is 372 g/mol. The van der Waals surface area contributed by atoms with Crippen LogP contribution in [0.4, 0.5) is 18.9 Å². The van der Waals surface area contributed by atoms with Crippen molar-refractivity contribution in [3.8, 4) is 0 Å². The molecule has 1 aromatic carbocycles. The van der Waals surface area contributed by atoms with Gasteiger partial charge in [-0.25, -0.2) is 13.2 Å². The second-order valence-electron chi connectivity index (χ2n) is 6.16. The van der Waals surface area contributed by atoms with Crippen molar-refractivity contribution in [1.82, 2.24) is 15.5 Å². The second kappa shape index (κ2) is 8.02. The van der Waals surface area contributed by atoms with Crippen LogP contribution in [0.3, 0.4) is 0 Å². The molecule has 2 atom stereocenters. The number of anilines is 1. The predicted octanol–water partition coefficient (Wildman–Crippen LogP) is 0.526. The van der Waals surface area contributed by atoms with Gasteiger partial charge in [-0.1, -0.05) is 0 Å². The Bertz CT molecular complexity index is 674. The maximum absolute atomic E-state index is 13.2. The zero-order chi connectivity index (χ0) is 18.7. The molecule has 2 aliphatic rings. The van der Waals surface area contributed by atoms with E-state index in [9.17, 15) is 22.8 Å². The molecular formula is C16H19F3N4O3. The highest BCUT2D eigenvalue weighted by molar-refractivity contribution is 5.91. The molecule has 2 saturated heterocycles. The minimum absolute atomic E-state index is 0.146. The van der Waals surface area contributed by atoms with Gasteiger partial charge in [0.25, 0.3) is 0 Å². The third-order valence-electron chi connectivity index (χ3n) is 4.25. The number of hydrogen-bond acceptors (Lipinski definition) is 5. The first-order valence-corrected chi connectivity index (χ1v) is 8.24. The highest BCUT2D eigenvalue weighted by Crippen LogP contribution is 2.18. The van der Waals surface area contributed by atoms with Crippen LogP contribution in [0.5, 0.6) is 0 Å². The van der Waals surface area contributed by atoms with E-state index in [2.05, 4.69) is 20.9 Å². The first-order valence-electron chi connectivity index (χ1n) is 8.24. The van der Waals surface area contributed by atoms with Gasteiger partial charge in [0, 0.05) is 30.9 Å². The summed E-state index contributed by atoms with van der Waals surface area (Å²) in [6.07, 6.45) is -0.731. The number of nitrogens with one attached hydrogen (secondary N) is 3. The highest BCUT2D eigenvalue weighted by Gasteiger charge is 2.31. The molecule has 0 radical (unpaired) electrons. The van der Waals surface area contributed by atoms with Crippen molar-refractivity contribution >= 4 is 17.5 Å². The van der Waals surface area contributed by atoms with Crippen LogP contribution in [0.25, 0.3) is 0 Å². The summed E-state index contributed by atoms with van der Waals surface area (Å²) in [7, 11) is 0. The molecule has 0 aliphatic carbocycles. The molecule has 7 nitrogen and oxygen atoms in total. The number of ether oxygens (including phenoxy) is 1. The number of benzene rings is 1. The van der Waals surface area contributed by atoms with Crippen LogP contribution in [0.2, 0.25) is 0 Å². The number of hydrogen-bond donors (Lipinski definition) is 3. The lowest BCUT2D eigenvalue weighted by Gasteiger charge is -2.40. The maximum atomic E-state index is 13.2. The Balaban J connectivity index is 1.58. The fourth-order valence-corrected chi connectivity index (χ4v) is 3.02. The molecule has 26 heavy (non-hydrogen) atoms. The predicted molar refractivity (Wildman–Crippen MR) is 85.4 cm³/mol. The molecule has 2 fully saturated rings. The Morgan fingerprint density at radius 3 is 2.54 bits per heavy atom. The van der Waals surface area contributed by atoms with Crippen LogP contribution < -0.4 is 16.0 Å². The summed E-state index contributed by atoms with van der Waals surface area (Å²) >= 11 is 0. The van der Waals surface area contributed by atoms with Crippen molar-refractivity contribution in [2.45, 2.75) is 25.2 Å². The van der Waals surface area contributed by atoms with Gasteiger partial charge >= 0.3 is 0 Å². The molecular weight excluding hydrogens is 353 g/mol. The Morgan fingerprint density at radius 1 is 1.23 bits per heavy atom. The molecule has 2 amide bonds. The average Bonchev–Trinajstić information content (AvgIpc) is 2.59. The average molecular weight is 372 g/mol. The number of halogens is 3. The molecule has 2 aliphatic heterocycles. The van der Waals surface area contributed by atoms with Gasteiger partial charge in [-0.05, 0) is 0 Å². The lowest BCUT2D eigenvalue weighted by molar-refractivity contribution is -0.128. The third-order valence-corrected chi connectivity index (χ3v) is 4.25. The highest BCUT2D eigenvalue weighted by atomic mass is 19.2. The first-order chi connectivity index (χ1) is 12.4. The Kier molecular flexibility index (Phi) is 5.74. The fraction of sp³-hybridized carbons (Fsp3) is 0.500. The molecule has 142 valence electrons. The Hall–Kier alpha value is -2.17. The van der Waals surface area contributed by atoms with Crippen molar-refractivity contribution in [1.29, 1.82) is 0 Å². The van der Waals surface area contributed by atoms with Gasteiger partial charge in [-0.2, -0.15) is 0 Å². The van der Waals surface area contributed by atoms with Gasteiger partial charge in [0.05, 0.1) is 38.4 Å². The molecule has 0 saturated carbocycles. The zero-order valence-electron chi connectivity index (χ0n) is 13.9. The summed E-state index contributed by atoms with van der Waals surface area (Å²) < 4.78 is 44.6. The van der Waals surface area contributed by atoms with Crippen LogP contribution in [0.1, 0.15) is 12.8 Å². The SMILES string of the molecule is O=C(CC1NC(=O)CC(N2CCOCC2)N1)Nc1cc(F)c(F)c(F)c1. The van der Waals surface area contributed by atoms with Crippen molar-refractivity contribution < 1.29 is 27.5 Å². The van der Waals surface area contributed by atoms with Crippen LogP contribution in [-0.2, 0) is 14.3 Å². The summed E-state index contributed by atoms with van der Waals surface area (Å²) in [6, 6.07) is 1.39. The van der Waals surface area contributed by atoms with E-state index in [0.717, 1.165) is 0 Å². The van der Waals surface area contributed by atoms with E-state index in [1.54, 1.807) is 0 Å². The van der Waals surface area contributed by atoms with Crippen LogP contribution in [0.15, 0.2) is 12.1 Å². The molecule has 0 aromatic heterocycles. The minimum Gasteiger partial charge on any atom is -0.379 e. The van der Waals surface area contributed by atoms with Crippen LogP contribution in [-0.4, -0.2) is 55.3 Å². The number of carbonyl (C=O) groups is 2. The third kappa shape index (κ3) is 4.51. The van der Waals surface area contributed by atoms with Crippen molar-refractivity contribution in [2.75, 3.05) is 31.6 Å². The maximum Gasteiger partial charge on any atom is 0.227 e. The molecule has 2 heterocycles. The van der Waals surface area contributed by atoms with Crippen molar-refractivity contribution in [3.05, 3.63) is 29.6 Å². The van der Waals surface area contributed by atoms with Crippen LogP contribution in [0, 0.1) is 17.5 Å². The molecule has 0 spiro atoms. The standard InChI is InChI=1S/C16H19F3N4O3/c17-10-5-9(6-11(18)16(10)19)20-14(24)7-12-21-13(8-15(25)22-12)23-1-3-26-4-2-23/h5-6,12-13,21H,1-4,7-8H2,(H,20,24)(H,22,25). The van der Waals surface area contributed by atoms with Crippen LogP contribution >= 0.6 is 0 Å². The van der Waals surface area contributed by atoms with E-state index in [-0.39, 0.29) is 30.6 Å². The number of carbonyl (C=O) groups excluding carboxylic acids is 2. The molecule has 10 heteroatoms.